The zero-order valence-electron chi connectivity index (χ0n) is 11.8. The van der Waals surface area contributed by atoms with Crippen molar-refractivity contribution in [3.8, 4) is 0 Å². The molecule has 0 spiro atoms. The van der Waals surface area contributed by atoms with E-state index >= 15 is 0 Å². The lowest BCUT2D eigenvalue weighted by atomic mass is 9.94. The van der Waals surface area contributed by atoms with Crippen LogP contribution in [0.25, 0.3) is 0 Å². The van der Waals surface area contributed by atoms with E-state index in [9.17, 15) is 4.79 Å². The van der Waals surface area contributed by atoms with Gasteiger partial charge in [0.15, 0.2) is 0 Å². The molecule has 0 radical (unpaired) electrons. The number of amides is 1. The van der Waals surface area contributed by atoms with Gasteiger partial charge < -0.3 is 11.1 Å². The smallest absolute Gasteiger partial charge is 0.220 e. The molecule has 0 aromatic rings. The summed E-state index contributed by atoms with van der Waals surface area (Å²) in [6, 6.07) is 0.655. The molecule has 2 saturated carbocycles. The molecule has 2 fully saturated rings. The zero-order valence-corrected chi connectivity index (χ0v) is 13.4. The van der Waals surface area contributed by atoms with Crippen LogP contribution in [0.5, 0.6) is 0 Å². The van der Waals surface area contributed by atoms with E-state index in [1.165, 1.54) is 19.3 Å². The number of hydrogen-bond donors (Lipinski definition) is 2. The van der Waals surface area contributed by atoms with Gasteiger partial charge in [-0.05, 0) is 44.3 Å². The molecule has 2 aliphatic carbocycles. The van der Waals surface area contributed by atoms with Crippen LogP contribution in [0.15, 0.2) is 0 Å². The molecular formula is C14H27ClN2OS. The first-order valence-corrected chi connectivity index (χ1v) is 8.55. The zero-order chi connectivity index (χ0) is 13.0. The fraction of sp³-hybridized carbons (Fsp3) is 0.929. The van der Waals surface area contributed by atoms with Crippen molar-refractivity contribution < 1.29 is 4.79 Å². The van der Waals surface area contributed by atoms with Crippen LogP contribution in [-0.4, -0.2) is 29.5 Å². The van der Waals surface area contributed by atoms with Crippen LogP contribution in [0, 0.1) is 5.92 Å². The first kappa shape index (κ1) is 17.1. The molecule has 19 heavy (non-hydrogen) atoms. The fourth-order valence-electron chi connectivity index (χ4n) is 3.33. The Bertz CT molecular complexity index is 291. The monoisotopic (exact) mass is 306 g/mol. The highest BCUT2D eigenvalue weighted by atomic mass is 35.5. The highest BCUT2D eigenvalue weighted by molar-refractivity contribution is 7.99. The molecule has 3 nitrogen and oxygen atoms in total. The Morgan fingerprint density at radius 2 is 2.00 bits per heavy atom. The van der Waals surface area contributed by atoms with Gasteiger partial charge in [-0.15, -0.1) is 12.4 Å². The Labute approximate surface area is 127 Å². The van der Waals surface area contributed by atoms with E-state index in [0.29, 0.717) is 18.4 Å². The van der Waals surface area contributed by atoms with E-state index < -0.39 is 0 Å². The number of nitrogens with two attached hydrogens (primary N) is 1. The molecule has 0 saturated heterocycles. The second-order valence-electron chi connectivity index (χ2n) is 5.85. The summed E-state index contributed by atoms with van der Waals surface area (Å²) in [4.78, 5) is 12.0. The van der Waals surface area contributed by atoms with E-state index in [1.807, 2.05) is 11.8 Å². The van der Waals surface area contributed by atoms with E-state index in [-0.39, 0.29) is 24.4 Å². The molecule has 3 N–H and O–H groups in total. The maximum atomic E-state index is 12.0. The van der Waals surface area contributed by atoms with Gasteiger partial charge in [-0.3, -0.25) is 4.79 Å². The molecule has 1 amide bonds. The Morgan fingerprint density at radius 3 is 2.63 bits per heavy atom. The van der Waals surface area contributed by atoms with E-state index in [2.05, 4.69) is 11.6 Å². The minimum absolute atomic E-state index is 0. The summed E-state index contributed by atoms with van der Waals surface area (Å²) in [5.41, 5.74) is 6.02. The Hall–Kier alpha value is 0.0700. The molecule has 0 heterocycles. The quantitative estimate of drug-likeness (QED) is 0.839. The number of nitrogens with one attached hydrogen (secondary N) is 1. The maximum Gasteiger partial charge on any atom is 0.220 e. The van der Waals surface area contributed by atoms with Crippen LogP contribution in [-0.2, 0) is 4.79 Å². The van der Waals surface area contributed by atoms with Gasteiger partial charge in [-0.1, -0.05) is 12.8 Å². The second-order valence-corrected chi connectivity index (χ2v) is 6.99. The molecule has 0 aromatic heterocycles. The van der Waals surface area contributed by atoms with Crippen molar-refractivity contribution >= 4 is 30.1 Å². The molecule has 112 valence electrons. The predicted molar refractivity (Wildman–Crippen MR) is 84.9 cm³/mol. The minimum Gasteiger partial charge on any atom is -0.353 e. The lowest BCUT2D eigenvalue weighted by molar-refractivity contribution is -0.123. The average molecular weight is 307 g/mol. The summed E-state index contributed by atoms with van der Waals surface area (Å²) in [5, 5.41) is 3.96. The van der Waals surface area contributed by atoms with E-state index in [4.69, 9.17) is 5.73 Å². The van der Waals surface area contributed by atoms with Gasteiger partial charge in [-0.25, -0.2) is 0 Å². The van der Waals surface area contributed by atoms with Gasteiger partial charge >= 0.3 is 0 Å². The lowest BCUT2D eigenvalue weighted by Gasteiger charge is -2.29. The van der Waals surface area contributed by atoms with Crippen molar-refractivity contribution in [1.29, 1.82) is 0 Å². The maximum absolute atomic E-state index is 12.0. The number of halogens is 1. The molecular weight excluding hydrogens is 280 g/mol. The van der Waals surface area contributed by atoms with Crippen LogP contribution < -0.4 is 11.1 Å². The highest BCUT2D eigenvalue weighted by Gasteiger charge is 2.28. The number of rotatable bonds is 4. The van der Waals surface area contributed by atoms with Crippen molar-refractivity contribution in [2.75, 3.05) is 6.26 Å². The summed E-state index contributed by atoms with van der Waals surface area (Å²) in [6.07, 6.45) is 11.1. The SMILES string of the molecule is CSC1CCCC(NC(=O)C[C@@H]2CCC[C@H]2N)C1.Cl. The van der Waals surface area contributed by atoms with Gasteiger partial charge in [0.25, 0.3) is 0 Å². The number of thioether (sulfide) groups is 1. The largest absolute Gasteiger partial charge is 0.353 e. The molecule has 2 unspecified atom stereocenters. The summed E-state index contributed by atoms with van der Waals surface area (Å²) < 4.78 is 0. The minimum atomic E-state index is 0. The standard InChI is InChI=1S/C14H26N2OS.ClH/c1-18-12-6-3-5-11(9-12)16-14(17)8-10-4-2-7-13(10)15;/h10-13H,2-9,15H2,1H3,(H,16,17);1H/t10-,11?,12?,13+;/m0./s1. The molecule has 0 aromatic carbocycles. The van der Waals surface area contributed by atoms with Crippen molar-refractivity contribution in [3.05, 3.63) is 0 Å². The number of hydrogen-bond acceptors (Lipinski definition) is 3. The van der Waals surface area contributed by atoms with Gasteiger partial charge in [0.1, 0.15) is 0 Å². The Morgan fingerprint density at radius 1 is 1.26 bits per heavy atom. The van der Waals surface area contributed by atoms with Gasteiger partial charge in [0.2, 0.25) is 5.91 Å². The Kier molecular flexibility index (Phi) is 7.55. The summed E-state index contributed by atoms with van der Waals surface area (Å²) in [7, 11) is 0. The average Bonchev–Trinajstić information content (AvgIpc) is 2.75. The van der Waals surface area contributed by atoms with Crippen LogP contribution in [0.4, 0.5) is 0 Å². The van der Waals surface area contributed by atoms with Gasteiger partial charge in [0.05, 0.1) is 0 Å². The van der Waals surface area contributed by atoms with Crippen molar-refractivity contribution in [2.24, 2.45) is 11.7 Å². The molecule has 2 aliphatic rings. The molecule has 2 rings (SSSR count). The van der Waals surface area contributed by atoms with Crippen LogP contribution in [0.3, 0.4) is 0 Å². The topological polar surface area (TPSA) is 55.1 Å². The highest BCUT2D eigenvalue weighted by Crippen LogP contribution is 2.29. The summed E-state index contributed by atoms with van der Waals surface area (Å²) in [5.74, 6) is 0.647. The van der Waals surface area contributed by atoms with Crippen LogP contribution >= 0.6 is 24.2 Å². The molecule has 0 bridgehead atoms. The normalized spacial score (nSPS) is 34.6. The molecule has 0 aliphatic heterocycles. The fourth-order valence-corrected chi connectivity index (χ4v) is 4.16. The van der Waals surface area contributed by atoms with Crippen molar-refractivity contribution in [3.63, 3.8) is 0 Å². The summed E-state index contributed by atoms with van der Waals surface area (Å²) >= 11 is 1.94. The summed E-state index contributed by atoms with van der Waals surface area (Å²) in [6.45, 7) is 0. The van der Waals surface area contributed by atoms with E-state index in [1.54, 1.807) is 0 Å². The Balaban J connectivity index is 0.00000180. The number of carbonyl (C=O) groups excluding carboxylic acids is 1. The lowest BCUT2D eigenvalue weighted by Crippen LogP contribution is -2.40. The van der Waals surface area contributed by atoms with Crippen molar-refractivity contribution in [2.45, 2.75) is 68.7 Å². The number of carbonyl (C=O) groups is 1. The van der Waals surface area contributed by atoms with Crippen LogP contribution in [0.2, 0.25) is 0 Å². The van der Waals surface area contributed by atoms with E-state index in [0.717, 1.165) is 30.9 Å². The first-order chi connectivity index (χ1) is 8.69. The van der Waals surface area contributed by atoms with Gasteiger partial charge in [-0.2, -0.15) is 11.8 Å². The third kappa shape index (κ3) is 5.16. The molecule has 5 heteroatoms. The van der Waals surface area contributed by atoms with Crippen molar-refractivity contribution in [1.82, 2.24) is 5.32 Å². The third-order valence-corrected chi connectivity index (χ3v) is 5.58. The first-order valence-electron chi connectivity index (χ1n) is 7.26. The third-order valence-electron chi connectivity index (χ3n) is 4.49. The van der Waals surface area contributed by atoms with Crippen LogP contribution in [0.1, 0.15) is 51.4 Å². The molecule has 4 atom stereocenters. The van der Waals surface area contributed by atoms with Gasteiger partial charge in [0, 0.05) is 23.8 Å². The second kappa shape index (κ2) is 8.38. The predicted octanol–water partition coefficient (Wildman–Crippen LogP) is 2.72.